The maximum atomic E-state index is 12.4. The predicted octanol–water partition coefficient (Wildman–Crippen LogP) is 5.17. The summed E-state index contributed by atoms with van der Waals surface area (Å²) in [6.45, 7) is 7.28. The third kappa shape index (κ3) is 5.12. The van der Waals surface area contributed by atoms with Crippen LogP contribution in [0.5, 0.6) is 17.2 Å². The van der Waals surface area contributed by atoms with Gasteiger partial charge in [-0.3, -0.25) is 4.79 Å². The van der Waals surface area contributed by atoms with Crippen LogP contribution >= 0.6 is 0 Å². The molecule has 0 atom stereocenters. The summed E-state index contributed by atoms with van der Waals surface area (Å²) in [6, 6.07) is 10.1. The van der Waals surface area contributed by atoms with E-state index in [4.69, 9.17) is 9.47 Å². The van der Waals surface area contributed by atoms with Crippen LogP contribution in [0.1, 0.15) is 48.2 Å². The van der Waals surface area contributed by atoms with Gasteiger partial charge in [0.05, 0.1) is 18.8 Å². The molecule has 138 valence electrons. The van der Waals surface area contributed by atoms with Crippen LogP contribution in [0.15, 0.2) is 42.5 Å². The minimum absolute atomic E-state index is 0.134. The summed E-state index contributed by atoms with van der Waals surface area (Å²) in [5, 5.41) is 9.35. The van der Waals surface area contributed by atoms with Gasteiger partial charge in [0.2, 0.25) is 0 Å². The molecule has 0 saturated heterocycles. The van der Waals surface area contributed by atoms with Gasteiger partial charge >= 0.3 is 0 Å². The molecule has 0 aliphatic heterocycles. The summed E-state index contributed by atoms with van der Waals surface area (Å²) in [6.07, 6.45) is 5.06. The zero-order chi connectivity index (χ0) is 18.9. The number of rotatable bonds is 9. The van der Waals surface area contributed by atoms with Crippen LogP contribution in [0.2, 0.25) is 0 Å². The van der Waals surface area contributed by atoms with E-state index in [-0.39, 0.29) is 11.5 Å². The number of phenolic OH excluding ortho intramolecular Hbond substituents is 1. The van der Waals surface area contributed by atoms with E-state index < -0.39 is 0 Å². The Hall–Kier alpha value is -2.75. The highest BCUT2D eigenvalue weighted by Crippen LogP contribution is 2.34. The van der Waals surface area contributed by atoms with Gasteiger partial charge in [-0.15, -0.1) is 0 Å². The first-order valence-electron chi connectivity index (χ1n) is 8.97. The Bertz CT molecular complexity index is 760. The van der Waals surface area contributed by atoms with Crippen molar-refractivity contribution >= 4 is 11.9 Å². The highest BCUT2D eigenvalue weighted by atomic mass is 16.5. The van der Waals surface area contributed by atoms with Crippen molar-refractivity contribution < 1.29 is 19.4 Å². The van der Waals surface area contributed by atoms with Crippen molar-refractivity contribution in [1.82, 2.24) is 0 Å². The smallest absolute Gasteiger partial charge is 0.185 e. The number of aryl methyl sites for hydroxylation is 1. The molecule has 2 rings (SSSR count). The summed E-state index contributed by atoms with van der Waals surface area (Å²) < 4.78 is 11.8. The summed E-state index contributed by atoms with van der Waals surface area (Å²) in [4.78, 5) is 12.4. The van der Waals surface area contributed by atoms with E-state index in [0.717, 1.165) is 29.7 Å². The third-order valence-corrected chi connectivity index (χ3v) is 3.82. The van der Waals surface area contributed by atoms with Gasteiger partial charge in [-0.2, -0.15) is 0 Å². The van der Waals surface area contributed by atoms with E-state index in [1.807, 2.05) is 26.0 Å². The third-order valence-electron chi connectivity index (χ3n) is 3.82. The van der Waals surface area contributed by atoms with Crippen molar-refractivity contribution in [2.45, 2.75) is 33.6 Å². The topological polar surface area (TPSA) is 55.8 Å². The van der Waals surface area contributed by atoms with E-state index in [0.29, 0.717) is 24.5 Å². The normalized spacial score (nSPS) is 10.9. The molecule has 0 unspecified atom stereocenters. The molecule has 0 amide bonds. The Morgan fingerprint density at radius 2 is 1.65 bits per heavy atom. The number of carbonyl (C=O) groups is 1. The Morgan fingerprint density at radius 3 is 2.31 bits per heavy atom. The molecule has 0 saturated carbocycles. The molecule has 4 nitrogen and oxygen atoms in total. The summed E-state index contributed by atoms with van der Waals surface area (Å²) >= 11 is 0. The molecule has 2 aromatic rings. The van der Waals surface area contributed by atoms with Crippen LogP contribution in [-0.4, -0.2) is 24.1 Å². The highest BCUT2D eigenvalue weighted by molar-refractivity contribution is 6.07. The molecule has 0 fully saturated rings. The largest absolute Gasteiger partial charge is 0.508 e. The van der Waals surface area contributed by atoms with E-state index in [1.165, 1.54) is 18.2 Å². The van der Waals surface area contributed by atoms with Crippen LogP contribution in [0.3, 0.4) is 0 Å². The lowest BCUT2D eigenvalue weighted by Crippen LogP contribution is -2.03. The van der Waals surface area contributed by atoms with Crippen molar-refractivity contribution in [3.8, 4) is 17.2 Å². The maximum Gasteiger partial charge on any atom is 0.185 e. The molecular formula is C22H26O4. The van der Waals surface area contributed by atoms with Gasteiger partial charge < -0.3 is 14.6 Å². The molecule has 0 bridgehead atoms. The van der Waals surface area contributed by atoms with E-state index in [2.05, 4.69) is 6.92 Å². The molecule has 0 aliphatic rings. The zero-order valence-electron chi connectivity index (χ0n) is 15.6. The second kappa shape index (κ2) is 9.66. The summed E-state index contributed by atoms with van der Waals surface area (Å²) in [7, 11) is 0. The Kier molecular flexibility index (Phi) is 7.27. The lowest BCUT2D eigenvalue weighted by molar-refractivity contribution is 0.104. The van der Waals surface area contributed by atoms with Gasteiger partial charge in [-0.25, -0.2) is 0 Å². The summed E-state index contributed by atoms with van der Waals surface area (Å²) in [5.74, 6) is 1.44. The number of benzene rings is 2. The molecule has 2 aromatic carbocycles. The average Bonchev–Trinajstić information content (AvgIpc) is 2.65. The molecule has 1 N–H and O–H groups in total. The Labute approximate surface area is 155 Å². The second-order valence-corrected chi connectivity index (χ2v) is 6.06. The van der Waals surface area contributed by atoms with Crippen LogP contribution in [-0.2, 0) is 0 Å². The number of aromatic hydroxyl groups is 1. The first kappa shape index (κ1) is 19.6. The zero-order valence-corrected chi connectivity index (χ0v) is 15.6. The lowest BCUT2D eigenvalue weighted by atomic mass is 10.1. The molecule has 0 radical (unpaired) electrons. The van der Waals surface area contributed by atoms with Gasteiger partial charge in [0.15, 0.2) is 5.78 Å². The molecule has 0 aliphatic carbocycles. The van der Waals surface area contributed by atoms with Crippen LogP contribution in [0.25, 0.3) is 6.08 Å². The first-order valence-corrected chi connectivity index (χ1v) is 8.97. The van der Waals surface area contributed by atoms with Gasteiger partial charge in [0, 0.05) is 5.56 Å². The quantitative estimate of drug-likeness (QED) is 0.498. The maximum absolute atomic E-state index is 12.4. The van der Waals surface area contributed by atoms with Gasteiger partial charge in [-0.05, 0) is 67.8 Å². The fourth-order valence-electron chi connectivity index (χ4n) is 2.46. The summed E-state index contributed by atoms with van der Waals surface area (Å²) in [5.41, 5.74) is 2.29. The molecule has 0 spiro atoms. The van der Waals surface area contributed by atoms with Crippen LogP contribution in [0, 0.1) is 6.92 Å². The van der Waals surface area contributed by atoms with E-state index >= 15 is 0 Å². The number of ether oxygens (including phenoxy) is 2. The van der Waals surface area contributed by atoms with E-state index in [9.17, 15) is 9.90 Å². The lowest BCUT2D eigenvalue weighted by Gasteiger charge is -2.16. The van der Waals surface area contributed by atoms with Crippen molar-refractivity contribution in [3.05, 3.63) is 59.2 Å². The van der Waals surface area contributed by atoms with Crippen LogP contribution in [0.4, 0.5) is 0 Å². The minimum Gasteiger partial charge on any atom is -0.508 e. The molecule has 4 heteroatoms. The number of ketones is 1. The highest BCUT2D eigenvalue weighted by Gasteiger charge is 2.13. The fraction of sp³-hybridized carbons (Fsp3) is 0.318. The average molecular weight is 354 g/mol. The standard InChI is InChI=1S/C22H26O4/c1-4-14-25-21-13-6-16(3)22(26-15-5-2)19(21)11-12-20(24)17-7-9-18(23)10-8-17/h6-13,23H,4-5,14-15H2,1-3H3/b12-11+. The van der Waals surface area contributed by atoms with Crippen LogP contribution < -0.4 is 9.47 Å². The number of allylic oxidation sites excluding steroid dienone is 1. The number of carbonyl (C=O) groups excluding carboxylic acids is 1. The fourth-order valence-corrected chi connectivity index (χ4v) is 2.46. The minimum atomic E-state index is -0.144. The predicted molar refractivity (Wildman–Crippen MR) is 104 cm³/mol. The molecule has 0 aromatic heterocycles. The van der Waals surface area contributed by atoms with Crippen molar-refractivity contribution in [2.75, 3.05) is 13.2 Å². The van der Waals surface area contributed by atoms with Crippen molar-refractivity contribution in [1.29, 1.82) is 0 Å². The SMILES string of the molecule is CCCOc1ccc(C)c(OCCC)c1/C=C/C(=O)c1ccc(O)cc1. The number of hydrogen-bond donors (Lipinski definition) is 1. The number of hydrogen-bond acceptors (Lipinski definition) is 4. The molecule has 0 heterocycles. The van der Waals surface area contributed by atoms with Gasteiger partial charge in [-0.1, -0.05) is 19.9 Å². The first-order chi connectivity index (χ1) is 12.6. The van der Waals surface area contributed by atoms with Crippen molar-refractivity contribution in [3.63, 3.8) is 0 Å². The van der Waals surface area contributed by atoms with Gasteiger partial charge in [0.1, 0.15) is 17.2 Å². The van der Waals surface area contributed by atoms with Gasteiger partial charge in [0.25, 0.3) is 0 Å². The monoisotopic (exact) mass is 354 g/mol. The Morgan fingerprint density at radius 1 is 1.00 bits per heavy atom. The number of phenols is 1. The second-order valence-electron chi connectivity index (χ2n) is 6.06. The molecular weight excluding hydrogens is 328 g/mol. The molecule has 26 heavy (non-hydrogen) atoms. The Balaban J connectivity index is 2.35. The van der Waals surface area contributed by atoms with Crippen molar-refractivity contribution in [2.24, 2.45) is 0 Å². The van der Waals surface area contributed by atoms with E-state index in [1.54, 1.807) is 18.2 Å².